The predicted octanol–water partition coefficient (Wildman–Crippen LogP) is 2.94. The number of aliphatic carboxylic acids is 1. The highest BCUT2D eigenvalue weighted by molar-refractivity contribution is 5.83. The van der Waals surface area contributed by atoms with E-state index in [1.807, 2.05) is 18.2 Å². The second-order valence-electron chi connectivity index (χ2n) is 5.99. The van der Waals surface area contributed by atoms with Crippen LogP contribution in [0.1, 0.15) is 50.5 Å². The van der Waals surface area contributed by atoms with Gasteiger partial charge >= 0.3 is 5.97 Å². The van der Waals surface area contributed by atoms with E-state index in [0.717, 1.165) is 19.3 Å². The summed E-state index contributed by atoms with van der Waals surface area (Å²) in [5.74, 6) is -0.310. The largest absolute Gasteiger partial charge is 0.480 e. The van der Waals surface area contributed by atoms with E-state index in [4.69, 9.17) is 5.11 Å². The van der Waals surface area contributed by atoms with Crippen molar-refractivity contribution in [3.63, 3.8) is 0 Å². The first-order valence-corrected chi connectivity index (χ1v) is 7.63. The van der Waals surface area contributed by atoms with Gasteiger partial charge in [-0.3, -0.25) is 4.79 Å². The lowest BCUT2D eigenvalue weighted by Crippen LogP contribution is -2.41. The van der Waals surface area contributed by atoms with Gasteiger partial charge in [-0.15, -0.1) is 0 Å². The minimum Gasteiger partial charge on any atom is -0.480 e. The third kappa shape index (κ3) is 5.21. The zero-order valence-electron chi connectivity index (χ0n) is 12.4. The van der Waals surface area contributed by atoms with Gasteiger partial charge in [0.05, 0.1) is 0 Å². The van der Waals surface area contributed by atoms with Crippen molar-refractivity contribution in [2.45, 2.75) is 51.0 Å². The molecule has 1 aromatic rings. The van der Waals surface area contributed by atoms with Gasteiger partial charge in [-0.05, 0) is 30.2 Å². The molecule has 4 nitrogen and oxygen atoms in total. The number of nitrogens with one attached hydrogen (secondary N) is 1. The van der Waals surface area contributed by atoms with Gasteiger partial charge in [0.2, 0.25) is 5.91 Å². The standard InChI is InChI=1S/C17H23NO3/c1-12(14-5-3-2-4-6-14)7-10-16(19)18-15(17(20)21)11-13-8-9-13/h2-6,12-13,15H,7-11H2,1H3,(H,18,19)(H,20,21). The van der Waals surface area contributed by atoms with Crippen LogP contribution in [0.2, 0.25) is 0 Å². The van der Waals surface area contributed by atoms with E-state index in [1.54, 1.807) is 0 Å². The summed E-state index contributed by atoms with van der Waals surface area (Å²) >= 11 is 0. The highest BCUT2D eigenvalue weighted by Gasteiger charge is 2.30. The molecule has 1 saturated carbocycles. The summed E-state index contributed by atoms with van der Waals surface area (Å²) < 4.78 is 0. The summed E-state index contributed by atoms with van der Waals surface area (Å²) in [6, 6.07) is 9.32. The van der Waals surface area contributed by atoms with E-state index >= 15 is 0 Å². The van der Waals surface area contributed by atoms with E-state index in [0.29, 0.717) is 24.7 Å². The van der Waals surface area contributed by atoms with E-state index in [2.05, 4.69) is 24.4 Å². The van der Waals surface area contributed by atoms with Crippen molar-refractivity contribution < 1.29 is 14.7 Å². The van der Waals surface area contributed by atoms with Crippen LogP contribution in [0.3, 0.4) is 0 Å². The summed E-state index contributed by atoms with van der Waals surface area (Å²) in [5, 5.41) is 11.8. The van der Waals surface area contributed by atoms with Crippen molar-refractivity contribution in [2.24, 2.45) is 5.92 Å². The second-order valence-corrected chi connectivity index (χ2v) is 5.99. The lowest BCUT2D eigenvalue weighted by Gasteiger charge is -2.15. The first-order chi connectivity index (χ1) is 10.1. The number of carbonyl (C=O) groups excluding carboxylic acids is 1. The normalized spacial score (nSPS) is 17.0. The second kappa shape index (κ2) is 7.25. The fraction of sp³-hybridized carbons (Fsp3) is 0.529. The van der Waals surface area contributed by atoms with Gasteiger partial charge in [0.15, 0.2) is 0 Å². The van der Waals surface area contributed by atoms with Crippen molar-refractivity contribution in [3.05, 3.63) is 35.9 Å². The maximum atomic E-state index is 11.9. The molecule has 1 fully saturated rings. The van der Waals surface area contributed by atoms with Gasteiger partial charge in [0.25, 0.3) is 0 Å². The van der Waals surface area contributed by atoms with Crippen LogP contribution in [-0.4, -0.2) is 23.0 Å². The molecule has 0 aromatic heterocycles. The van der Waals surface area contributed by atoms with Crippen LogP contribution in [0.25, 0.3) is 0 Å². The molecule has 0 bridgehead atoms. The van der Waals surface area contributed by atoms with E-state index in [9.17, 15) is 9.59 Å². The Kier molecular flexibility index (Phi) is 5.37. The minimum absolute atomic E-state index is 0.161. The highest BCUT2D eigenvalue weighted by Crippen LogP contribution is 2.33. The van der Waals surface area contributed by atoms with Gasteiger partial charge in [-0.25, -0.2) is 4.79 Å². The molecule has 2 rings (SSSR count). The topological polar surface area (TPSA) is 66.4 Å². The van der Waals surface area contributed by atoms with Crippen LogP contribution in [-0.2, 0) is 9.59 Å². The Morgan fingerprint density at radius 2 is 1.95 bits per heavy atom. The average molecular weight is 289 g/mol. The molecule has 0 radical (unpaired) electrons. The summed E-state index contributed by atoms with van der Waals surface area (Å²) in [6.45, 7) is 2.08. The Balaban J connectivity index is 1.76. The molecule has 21 heavy (non-hydrogen) atoms. The number of carbonyl (C=O) groups is 2. The van der Waals surface area contributed by atoms with Gasteiger partial charge in [0.1, 0.15) is 6.04 Å². The summed E-state index contributed by atoms with van der Waals surface area (Å²) in [6.07, 6.45) is 3.83. The quantitative estimate of drug-likeness (QED) is 0.773. The van der Waals surface area contributed by atoms with E-state index in [1.165, 1.54) is 5.56 Å². The van der Waals surface area contributed by atoms with Crippen LogP contribution in [0, 0.1) is 5.92 Å². The lowest BCUT2D eigenvalue weighted by atomic mass is 9.96. The first-order valence-electron chi connectivity index (χ1n) is 7.63. The molecule has 0 spiro atoms. The third-order valence-corrected chi connectivity index (χ3v) is 4.07. The molecule has 1 amide bonds. The first kappa shape index (κ1) is 15.5. The monoisotopic (exact) mass is 289 g/mol. The van der Waals surface area contributed by atoms with E-state index < -0.39 is 12.0 Å². The molecule has 1 aromatic carbocycles. The molecule has 2 atom stereocenters. The molecule has 2 N–H and O–H groups in total. The van der Waals surface area contributed by atoms with Crippen molar-refractivity contribution in [1.82, 2.24) is 5.32 Å². The molecular weight excluding hydrogens is 266 g/mol. The van der Waals surface area contributed by atoms with Gasteiger partial charge in [0, 0.05) is 6.42 Å². The number of hydrogen-bond acceptors (Lipinski definition) is 2. The average Bonchev–Trinajstić information content (AvgIpc) is 3.29. The molecular formula is C17H23NO3. The number of carboxylic acids is 1. The zero-order chi connectivity index (χ0) is 15.2. The molecule has 1 aliphatic carbocycles. The van der Waals surface area contributed by atoms with Crippen LogP contribution >= 0.6 is 0 Å². The predicted molar refractivity (Wildman–Crippen MR) is 81.0 cm³/mol. The molecule has 1 aliphatic rings. The summed E-state index contributed by atoms with van der Waals surface area (Å²) in [7, 11) is 0. The molecule has 114 valence electrons. The van der Waals surface area contributed by atoms with Crippen molar-refractivity contribution in [3.8, 4) is 0 Å². The number of hydrogen-bond donors (Lipinski definition) is 2. The number of rotatable bonds is 8. The summed E-state index contributed by atoms with van der Waals surface area (Å²) in [4.78, 5) is 23.1. The van der Waals surface area contributed by atoms with Gasteiger partial charge < -0.3 is 10.4 Å². The van der Waals surface area contributed by atoms with Crippen LogP contribution in [0.15, 0.2) is 30.3 Å². The molecule has 0 aliphatic heterocycles. The van der Waals surface area contributed by atoms with E-state index in [-0.39, 0.29) is 5.91 Å². The van der Waals surface area contributed by atoms with Gasteiger partial charge in [-0.2, -0.15) is 0 Å². The molecule has 0 saturated heterocycles. The Labute approximate surface area is 125 Å². The van der Waals surface area contributed by atoms with Crippen LogP contribution in [0.5, 0.6) is 0 Å². The molecule has 4 heteroatoms. The Morgan fingerprint density at radius 3 is 2.52 bits per heavy atom. The molecule has 0 heterocycles. The summed E-state index contributed by atoms with van der Waals surface area (Å²) in [5.41, 5.74) is 1.21. The Morgan fingerprint density at radius 1 is 1.29 bits per heavy atom. The van der Waals surface area contributed by atoms with Crippen molar-refractivity contribution in [1.29, 1.82) is 0 Å². The Hall–Kier alpha value is -1.84. The molecule has 2 unspecified atom stereocenters. The van der Waals surface area contributed by atoms with Crippen LogP contribution in [0.4, 0.5) is 0 Å². The number of benzene rings is 1. The van der Waals surface area contributed by atoms with Crippen LogP contribution < -0.4 is 5.32 Å². The highest BCUT2D eigenvalue weighted by atomic mass is 16.4. The smallest absolute Gasteiger partial charge is 0.326 e. The number of amides is 1. The minimum atomic E-state index is -0.925. The maximum Gasteiger partial charge on any atom is 0.326 e. The fourth-order valence-electron chi connectivity index (χ4n) is 2.47. The maximum absolute atomic E-state index is 11.9. The SMILES string of the molecule is CC(CCC(=O)NC(CC1CC1)C(=O)O)c1ccccc1. The lowest BCUT2D eigenvalue weighted by molar-refractivity contribution is -0.142. The van der Waals surface area contributed by atoms with Crippen molar-refractivity contribution >= 4 is 11.9 Å². The van der Waals surface area contributed by atoms with Gasteiger partial charge in [-0.1, -0.05) is 50.1 Å². The number of carboxylic acid groups (broad SMARTS) is 1. The third-order valence-electron chi connectivity index (χ3n) is 4.07. The van der Waals surface area contributed by atoms with Crippen molar-refractivity contribution in [2.75, 3.05) is 0 Å². The zero-order valence-corrected chi connectivity index (χ0v) is 12.4. The fourth-order valence-corrected chi connectivity index (χ4v) is 2.47. The Bertz CT molecular complexity index is 482.